The Balaban J connectivity index is 2.12. The number of nitrogens with zero attached hydrogens (tertiary/aromatic N) is 1. The van der Waals surface area contributed by atoms with E-state index in [1.807, 2.05) is 14.0 Å². The van der Waals surface area contributed by atoms with Gasteiger partial charge in [0.2, 0.25) is 5.91 Å². The average Bonchev–Trinajstić information content (AvgIpc) is 3.06. The number of rotatable bonds is 8. The van der Waals surface area contributed by atoms with Gasteiger partial charge in [0.25, 0.3) is 0 Å². The summed E-state index contributed by atoms with van der Waals surface area (Å²) in [7, 11) is 2.01. The Hall–Kier alpha value is -0.610. The summed E-state index contributed by atoms with van der Waals surface area (Å²) >= 11 is 0. The molecule has 4 heteroatoms. The fourth-order valence-electron chi connectivity index (χ4n) is 1.63. The molecule has 1 saturated carbocycles. The van der Waals surface area contributed by atoms with E-state index in [0.717, 1.165) is 45.2 Å². The second-order valence-corrected chi connectivity index (χ2v) is 4.79. The molecule has 0 bridgehead atoms. The Morgan fingerprint density at radius 3 is 2.69 bits per heavy atom. The van der Waals surface area contributed by atoms with Crippen LogP contribution in [0.25, 0.3) is 0 Å². The van der Waals surface area contributed by atoms with Gasteiger partial charge in [-0.25, -0.2) is 0 Å². The maximum atomic E-state index is 11.8. The van der Waals surface area contributed by atoms with Crippen molar-refractivity contribution in [1.82, 2.24) is 10.2 Å². The molecule has 1 fully saturated rings. The minimum absolute atomic E-state index is 0.0153. The Labute approximate surface area is 98.6 Å². The van der Waals surface area contributed by atoms with E-state index in [2.05, 4.69) is 10.2 Å². The first kappa shape index (κ1) is 13.5. The van der Waals surface area contributed by atoms with Gasteiger partial charge in [0.05, 0.1) is 6.04 Å². The molecule has 1 aliphatic rings. The first-order valence-corrected chi connectivity index (χ1v) is 6.36. The number of carbonyl (C=O) groups is 1. The standard InChI is InChI=1S/C12H25N3O/c1-10(12(16)14-11-6-7-11)15(2)9-5-3-4-8-13/h10-11H,3-9,13H2,1-2H3,(H,14,16). The number of unbranched alkanes of at least 4 members (excludes halogenated alkanes) is 2. The molecule has 94 valence electrons. The first-order valence-electron chi connectivity index (χ1n) is 6.36. The van der Waals surface area contributed by atoms with Crippen LogP contribution in [0.5, 0.6) is 0 Å². The molecule has 1 rings (SSSR count). The van der Waals surface area contributed by atoms with Gasteiger partial charge in [-0.05, 0) is 52.7 Å². The highest BCUT2D eigenvalue weighted by molar-refractivity contribution is 5.81. The molecule has 0 radical (unpaired) electrons. The van der Waals surface area contributed by atoms with Gasteiger partial charge in [-0.3, -0.25) is 9.69 Å². The summed E-state index contributed by atoms with van der Waals surface area (Å²) in [5.74, 6) is 0.170. The highest BCUT2D eigenvalue weighted by Gasteiger charge is 2.26. The van der Waals surface area contributed by atoms with Gasteiger partial charge in [-0.1, -0.05) is 6.42 Å². The second-order valence-electron chi connectivity index (χ2n) is 4.79. The topological polar surface area (TPSA) is 58.4 Å². The van der Waals surface area contributed by atoms with Gasteiger partial charge in [-0.15, -0.1) is 0 Å². The highest BCUT2D eigenvalue weighted by atomic mass is 16.2. The lowest BCUT2D eigenvalue weighted by molar-refractivity contribution is -0.125. The van der Waals surface area contributed by atoms with Crippen molar-refractivity contribution in [3.05, 3.63) is 0 Å². The summed E-state index contributed by atoms with van der Waals surface area (Å²) in [5.41, 5.74) is 5.44. The largest absolute Gasteiger partial charge is 0.352 e. The molecule has 1 atom stereocenters. The molecule has 1 aliphatic carbocycles. The molecule has 16 heavy (non-hydrogen) atoms. The van der Waals surface area contributed by atoms with Crippen LogP contribution in [0.4, 0.5) is 0 Å². The fraction of sp³-hybridized carbons (Fsp3) is 0.917. The number of nitrogens with one attached hydrogen (secondary N) is 1. The summed E-state index contributed by atoms with van der Waals surface area (Å²) in [6, 6.07) is 0.444. The van der Waals surface area contributed by atoms with Crippen molar-refractivity contribution < 1.29 is 4.79 Å². The van der Waals surface area contributed by atoms with E-state index in [0.29, 0.717) is 6.04 Å². The van der Waals surface area contributed by atoms with Crippen LogP contribution in [0.1, 0.15) is 39.0 Å². The Kier molecular flexibility index (Phi) is 5.77. The van der Waals surface area contributed by atoms with Crippen molar-refractivity contribution in [1.29, 1.82) is 0 Å². The van der Waals surface area contributed by atoms with Crippen molar-refractivity contribution in [2.75, 3.05) is 20.1 Å². The van der Waals surface area contributed by atoms with E-state index in [9.17, 15) is 4.79 Å². The normalized spacial score (nSPS) is 17.5. The molecule has 0 heterocycles. The van der Waals surface area contributed by atoms with Crippen LogP contribution >= 0.6 is 0 Å². The summed E-state index contributed by atoms with van der Waals surface area (Å²) in [4.78, 5) is 13.9. The Morgan fingerprint density at radius 1 is 1.44 bits per heavy atom. The Bertz CT molecular complexity index is 216. The molecule has 0 aromatic heterocycles. The molecule has 0 aliphatic heterocycles. The van der Waals surface area contributed by atoms with E-state index >= 15 is 0 Å². The molecule has 4 nitrogen and oxygen atoms in total. The van der Waals surface area contributed by atoms with Crippen molar-refractivity contribution >= 4 is 5.91 Å². The summed E-state index contributed by atoms with van der Waals surface area (Å²) in [5, 5.41) is 3.04. The van der Waals surface area contributed by atoms with Gasteiger partial charge >= 0.3 is 0 Å². The maximum absolute atomic E-state index is 11.8. The summed E-state index contributed by atoms with van der Waals surface area (Å²) in [6.45, 7) is 3.71. The lowest BCUT2D eigenvalue weighted by Crippen LogP contribution is -2.44. The van der Waals surface area contributed by atoms with Crippen LogP contribution in [0, 0.1) is 0 Å². The molecule has 0 saturated heterocycles. The minimum Gasteiger partial charge on any atom is -0.352 e. The number of carbonyl (C=O) groups excluding carboxylic acids is 1. The Morgan fingerprint density at radius 2 is 2.12 bits per heavy atom. The third-order valence-corrected chi connectivity index (χ3v) is 3.18. The number of amides is 1. The maximum Gasteiger partial charge on any atom is 0.237 e. The van der Waals surface area contributed by atoms with E-state index in [-0.39, 0.29) is 11.9 Å². The molecular formula is C12H25N3O. The number of hydrogen-bond acceptors (Lipinski definition) is 3. The summed E-state index contributed by atoms with van der Waals surface area (Å²) in [6.07, 6.45) is 5.65. The molecule has 0 aromatic carbocycles. The van der Waals surface area contributed by atoms with Crippen LogP contribution in [0.15, 0.2) is 0 Å². The van der Waals surface area contributed by atoms with Gasteiger partial charge in [-0.2, -0.15) is 0 Å². The van der Waals surface area contributed by atoms with Gasteiger partial charge < -0.3 is 11.1 Å². The predicted octanol–water partition coefficient (Wildman–Crippen LogP) is 0.714. The van der Waals surface area contributed by atoms with E-state index in [1.54, 1.807) is 0 Å². The molecule has 1 amide bonds. The molecular weight excluding hydrogens is 202 g/mol. The van der Waals surface area contributed by atoms with Crippen molar-refractivity contribution in [3.8, 4) is 0 Å². The SMILES string of the molecule is CC(C(=O)NC1CC1)N(C)CCCCCN. The minimum atomic E-state index is -0.0153. The average molecular weight is 227 g/mol. The van der Waals surface area contributed by atoms with Crippen molar-refractivity contribution in [2.24, 2.45) is 5.73 Å². The van der Waals surface area contributed by atoms with Gasteiger partial charge in [0, 0.05) is 6.04 Å². The van der Waals surface area contributed by atoms with E-state index in [4.69, 9.17) is 5.73 Å². The van der Waals surface area contributed by atoms with E-state index < -0.39 is 0 Å². The third kappa shape index (κ3) is 4.94. The van der Waals surface area contributed by atoms with E-state index in [1.165, 1.54) is 0 Å². The van der Waals surface area contributed by atoms with Crippen LogP contribution in [-0.4, -0.2) is 43.0 Å². The zero-order chi connectivity index (χ0) is 12.0. The van der Waals surface area contributed by atoms with Gasteiger partial charge in [0.1, 0.15) is 0 Å². The molecule has 3 N–H and O–H groups in total. The quantitative estimate of drug-likeness (QED) is 0.601. The summed E-state index contributed by atoms with van der Waals surface area (Å²) < 4.78 is 0. The smallest absolute Gasteiger partial charge is 0.237 e. The molecule has 0 spiro atoms. The van der Waals surface area contributed by atoms with Crippen LogP contribution in [0.2, 0.25) is 0 Å². The fourth-order valence-corrected chi connectivity index (χ4v) is 1.63. The van der Waals surface area contributed by atoms with Crippen LogP contribution in [0.3, 0.4) is 0 Å². The predicted molar refractivity (Wildman–Crippen MR) is 66.2 cm³/mol. The lowest BCUT2D eigenvalue weighted by atomic mass is 10.2. The lowest BCUT2D eigenvalue weighted by Gasteiger charge is -2.23. The van der Waals surface area contributed by atoms with Crippen molar-refractivity contribution in [3.63, 3.8) is 0 Å². The molecule has 0 aromatic rings. The van der Waals surface area contributed by atoms with Crippen molar-refractivity contribution in [2.45, 2.75) is 51.1 Å². The third-order valence-electron chi connectivity index (χ3n) is 3.18. The van der Waals surface area contributed by atoms with Gasteiger partial charge in [0.15, 0.2) is 0 Å². The monoisotopic (exact) mass is 227 g/mol. The number of hydrogen-bond donors (Lipinski definition) is 2. The highest BCUT2D eigenvalue weighted by Crippen LogP contribution is 2.18. The van der Waals surface area contributed by atoms with Crippen LogP contribution in [-0.2, 0) is 4.79 Å². The second kappa shape index (κ2) is 6.86. The number of nitrogens with two attached hydrogens (primary N) is 1. The first-order chi connectivity index (χ1) is 7.65. The number of likely N-dealkylation sites (N-methyl/N-ethyl adjacent to an activating group) is 1. The zero-order valence-electron chi connectivity index (χ0n) is 10.5. The molecule has 1 unspecified atom stereocenters. The zero-order valence-corrected chi connectivity index (χ0v) is 10.5. The van der Waals surface area contributed by atoms with Crippen LogP contribution < -0.4 is 11.1 Å².